The third kappa shape index (κ3) is 1.98. The second kappa shape index (κ2) is 4.59. The molecule has 1 saturated heterocycles. The molecule has 1 saturated carbocycles. The molecule has 88 valence electrons. The van der Waals surface area contributed by atoms with Crippen molar-refractivity contribution in [2.75, 3.05) is 6.54 Å². The van der Waals surface area contributed by atoms with E-state index in [1.165, 1.54) is 50.2 Å². The molecular formula is C11H16ClN3S. The van der Waals surface area contributed by atoms with Crippen LogP contribution in [-0.4, -0.2) is 27.1 Å². The minimum atomic E-state index is 0.761. The molecule has 1 aromatic rings. The van der Waals surface area contributed by atoms with Gasteiger partial charge in [-0.1, -0.05) is 35.4 Å². The van der Waals surface area contributed by atoms with Gasteiger partial charge in [-0.25, -0.2) is 0 Å². The summed E-state index contributed by atoms with van der Waals surface area (Å²) in [6, 6.07) is 0.792. The maximum absolute atomic E-state index is 6.04. The fraction of sp³-hybridized carbons (Fsp3) is 0.818. The Bertz CT molecular complexity index is 368. The lowest BCUT2D eigenvalue weighted by atomic mass is 9.84. The van der Waals surface area contributed by atoms with Crippen LogP contribution in [0.25, 0.3) is 0 Å². The highest BCUT2D eigenvalue weighted by Crippen LogP contribution is 2.37. The zero-order chi connectivity index (χ0) is 11.0. The van der Waals surface area contributed by atoms with Crippen LogP contribution < -0.4 is 0 Å². The van der Waals surface area contributed by atoms with Crippen LogP contribution in [0.15, 0.2) is 0 Å². The van der Waals surface area contributed by atoms with Crippen molar-refractivity contribution in [3.63, 3.8) is 0 Å². The third-order valence-electron chi connectivity index (χ3n) is 3.92. The maximum atomic E-state index is 6.04. The van der Waals surface area contributed by atoms with E-state index in [-0.39, 0.29) is 0 Å². The van der Waals surface area contributed by atoms with E-state index >= 15 is 0 Å². The molecule has 0 spiro atoms. The van der Waals surface area contributed by atoms with Gasteiger partial charge in [0.05, 0.1) is 0 Å². The molecule has 5 heteroatoms. The standard InChI is InChI=1S/C11H16ClN3S/c12-11-9(13-14-16-11)7-15-6-8-4-2-1-3-5-10(8)15/h8,10H,1-7H2. The fourth-order valence-corrected chi connectivity index (χ4v) is 3.63. The molecule has 1 aromatic heterocycles. The van der Waals surface area contributed by atoms with Gasteiger partial charge >= 0.3 is 0 Å². The molecule has 1 aliphatic heterocycles. The lowest BCUT2D eigenvalue weighted by Gasteiger charge is -2.47. The summed E-state index contributed by atoms with van der Waals surface area (Å²) in [5, 5.41) is 4.09. The molecule has 2 fully saturated rings. The van der Waals surface area contributed by atoms with Crippen LogP contribution in [0, 0.1) is 5.92 Å². The summed E-state index contributed by atoms with van der Waals surface area (Å²) in [7, 11) is 0. The zero-order valence-electron chi connectivity index (χ0n) is 9.23. The molecule has 0 bridgehead atoms. The first-order valence-corrected chi connectivity index (χ1v) is 7.20. The summed E-state index contributed by atoms with van der Waals surface area (Å²) >= 11 is 7.33. The molecule has 2 unspecified atom stereocenters. The van der Waals surface area contributed by atoms with E-state index in [2.05, 4.69) is 14.5 Å². The zero-order valence-corrected chi connectivity index (χ0v) is 10.8. The Labute approximate surface area is 105 Å². The largest absolute Gasteiger partial charge is 0.294 e. The van der Waals surface area contributed by atoms with Crippen LogP contribution in [0.4, 0.5) is 0 Å². The van der Waals surface area contributed by atoms with E-state index in [1.54, 1.807) is 0 Å². The van der Waals surface area contributed by atoms with Crippen LogP contribution in [-0.2, 0) is 6.54 Å². The van der Waals surface area contributed by atoms with Crippen molar-refractivity contribution in [1.82, 2.24) is 14.5 Å². The number of nitrogens with zero attached hydrogens (tertiary/aromatic N) is 3. The lowest BCUT2D eigenvalue weighted by Crippen LogP contribution is -2.54. The Morgan fingerprint density at radius 1 is 1.31 bits per heavy atom. The van der Waals surface area contributed by atoms with Crippen molar-refractivity contribution in [3.8, 4) is 0 Å². The molecule has 2 aliphatic rings. The van der Waals surface area contributed by atoms with Crippen LogP contribution in [0.5, 0.6) is 0 Å². The lowest BCUT2D eigenvalue weighted by molar-refractivity contribution is 0.00205. The van der Waals surface area contributed by atoms with E-state index in [4.69, 9.17) is 11.6 Å². The van der Waals surface area contributed by atoms with Gasteiger partial charge in [-0.3, -0.25) is 4.90 Å². The number of likely N-dealkylation sites (tertiary alicyclic amines) is 1. The van der Waals surface area contributed by atoms with E-state index < -0.39 is 0 Å². The molecule has 3 nitrogen and oxygen atoms in total. The van der Waals surface area contributed by atoms with Crippen molar-refractivity contribution >= 4 is 23.1 Å². The van der Waals surface area contributed by atoms with Gasteiger partial charge in [-0.15, -0.1) is 5.10 Å². The number of halogens is 1. The first-order chi connectivity index (χ1) is 7.84. The second-order valence-electron chi connectivity index (χ2n) is 4.89. The SMILES string of the molecule is Clc1snnc1CN1CC2CCCCCC21. The van der Waals surface area contributed by atoms with Gasteiger partial charge in [-0.2, -0.15) is 0 Å². The van der Waals surface area contributed by atoms with Gasteiger partial charge in [0, 0.05) is 30.7 Å². The number of rotatable bonds is 2. The molecule has 0 radical (unpaired) electrons. The molecular weight excluding hydrogens is 242 g/mol. The molecule has 3 rings (SSSR count). The van der Waals surface area contributed by atoms with Crippen LogP contribution >= 0.6 is 23.1 Å². The summed E-state index contributed by atoms with van der Waals surface area (Å²) in [6.45, 7) is 2.13. The van der Waals surface area contributed by atoms with Gasteiger partial charge in [0.2, 0.25) is 0 Å². The molecule has 0 amide bonds. The summed E-state index contributed by atoms with van der Waals surface area (Å²) in [4.78, 5) is 2.53. The van der Waals surface area contributed by atoms with Gasteiger partial charge in [-0.05, 0) is 18.8 Å². The third-order valence-corrected chi connectivity index (χ3v) is 4.90. The summed E-state index contributed by atoms with van der Waals surface area (Å²) in [5.41, 5.74) is 0.967. The minimum absolute atomic E-state index is 0.761. The second-order valence-corrected chi connectivity index (χ2v) is 6.24. The van der Waals surface area contributed by atoms with Gasteiger partial charge < -0.3 is 0 Å². The van der Waals surface area contributed by atoms with Crippen LogP contribution in [0.2, 0.25) is 4.34 Å². The Morgan fingerprint density at radius 3 is 3.00 bits per heavy atom. The number of hydrogen-bond acceptors (Lipinski definition) is 4. The Morgan fingerprint density at radius 2 is 2.19 bits per heavy atom. The molecule has 1 aliphatic carbocycles. The summed E-state index contributed by atoms with van der Waals surface area (Å²) in [5.74, 6) is 0.938. The minimum Gasteiger partial charge on any atom is -0.294 e. The summed E-state index contributed by atoms with van der Waals surface area (Å²) in [6.07, 6.45) is 7.01. The van der Waals surface area contributed by atoms with Gasteiger partial charge in [0.25, 0.3) is 0 Å². The van der Waals surface area contributed by atoms with Crippen molar-refractivity contribution in [3.05, 3.63) is 10.0 Å². The number of hydrogen-bond donors (Lipinski definition) is 0. The maximum Gasteiger partial charge on any atom is 0.138 e. The van der Waals surface area contributed by atoms with Crippen LogP contribution in [0.3, 0.4) is 0 Å². The van der Waals surface area contributed by atoms with Gasteiger partial charge in [0.1, 0.15) is 10.0 Å². The average Bonchev–Trinajstić information content (AvgIpc) is 2.55. The summed E-state index contributed by atoms with van der Waals surface area (Å²) < 4.78 is 4.65. The van der Waals surface area contributed by atoms with Crippen LogP contribution in [0.1, 0.15) is 37.8 Å². The molecule has 2 atom stereocenters. The predicted molar refractivity (Wildman–Crippen MR) is 65.7 cm³/mol. The highest BCUT2D eigenvalue weighted by molar-refractivity contribution is 7.10. The van der Waals surface area contributed by atoms with E-state index in [9.17, 15) is 0 Å². The highest BCUT2D eigenvalue weighted by atomic mass is 35.5. The topological polar surface area (TPSA) is 29.0 Å². The molecule has 16 heavy (non-hydrogen) atoms. The molecule has 2 heterocycles. The van der Waals surface area contributed by atoms with Crippen molar-refractivity contribution < 1.29 is 0 Å². The molecule has 0 N–H and O–H groups in total. The van der Waals surface area contributed by atoms with E-state index in [0.29, 0.717) is 0 Å². The molecule has 0 aromatic carbocycles. The number of aromatic nitrogens is 2. The highest BCUT2D eigenvalue weighted by Gasteiger charge is 2.39. The van der Waals surface area contributed by atoms with E-state index in [0.717, 1.165) is 28.5 Å². The van der Waals surface area contributed by atoms with Gasteiger partial charge in [0.15, 0.2) is 0 Å². The van der Waals surface area contributed by atoms with Crippen molar-refractivity contribution in [2.24, 2.45) is 5.92 Å². The Hall–Kier alpha value is -0.190. The smallest absolute Gasteiger partial charge is 0.138 e. The Balaban J connectivity index is 1.63. The first-order valence-electron chi connectivity index (χ1n) is 6.05. The number of fused-ring (bicyclic) bond motifs is 1. The average molecular weight is 258 g/mol. The van der Waals surface area contributed by atoms with E-state index in [1.807, 2.05) is 0 Å². The predicted octanol–water partition coefficient (Wildman–Crippen LogP) is 2.96. The quantitative estimate of drug-likeness (QED) is 0.816. The first kappa shape index (κ1) is 10.9. The van der Waals surface area contributed by atoms with Crippen molar-refractivity contribution in [1.29, 1.82) is 0 Å². The van der Waals surface area contributed by atoms with Crippen molar-refractivity contribution in [2.45, 2.75) is 44.7 Å². The monoisotopic (exact) mass is 257 g/mol. The fourth-order valence-electron chi connectivity index (χ4n) is 3.02. The normalized spacial score (nSPS) is 30.6. The Kier molecular flexibility index (Phi) is 3.14.